The third kappa shape index (κ3) is 8.34. The normalized spacial score (nSPS) is 13.8. The molecule has 0 bridgehead atoms. The van der Waals surface area contributed by atoms with E-state index in [-0.39, 0.29) is 41.2 Å². The summed E-state index contributed by atoms with van der Waals surface area (Å²) in [5, 5.41) is 13.9. The molecule has 6 nitrogen and oxygen atoms in total. The second-order valence-corrected chi connectivity index (χ2v) is 7.79. The zero-order chi connectivity index (χ0) is 22.1. The molecule has 32 heavy (non-hydrogen) atoms. The van der Waals surface area contributed by atoms with Gasteiger partial charge in [0.25, 0.3) is 0 Å². The second-order valence-electron chi connectivity index (χ2n) is 7.79. The first-order valence-electron chi connectivity index (χ1n) is 10.6. The van der Waals surface area contributed by atoms with E-state index in [2.05, 4.69) is 5.32 Å². The van der Waals surface area contributed by atoms with Crippen molar-refractivity contribution in [2.24, 2.45) is 5.92 Å². The van der Waals surface area contributed by atoms with Crippen LogP contribution in [0.25, 0.3) is 6.08 Å². The number of amides is 1. The summed E-state index contributed by atoms with van der Waals surface area (Å²) in [7, 11) is 1.62. The molecule has 0 aliphatic heterocycles. The maximum Gasteiger partial charge on any atom is 1.00 e. The molecule has 2 aromatic carbocycles. The standard InChI is InChI=1S/C25H29NO5.Na/c1-30-22-8-4-7-20(15-22)17-31-21-12-9-19(10-13-21)16-23(25(28)29)26-24(27)14-11-18-5-2-3-6-18;/h4,7-10,12-13,15-16,18H,2-3,5-6,11,14,17H2,1H3,(H,26,27)(H,28,29);/q;+1/p-1/b23-16-;. The molecule has 1 aliphatic carbocycles. The van der Waals surface area contributed by atoms with Gasteiger partial charge in [-0.25, -0.2) is 0 Å². The molecule has 0 unspecified atom stereocenters. The van der Waals surface area contributed by atoms with Gasteiger partial charge in [0.2, 0.25) is 5.91 Å². The van der Waals surface area contributed by atoms with Crippen molar-refractivity contribution < 1.29 is 53.7 Å². The van der Waals surface area contributed by atoms with Crippen LogP contribution in [0, 0.1) is 5.92 Å². The van der Waals surface area contributed by atoms with Gasteiger partial charge in [-0.2, -0.15) is 0 Å². The first-order chi connectivity index (χ1) is 15.0. The van der Waals surface area contributed by atoms with Crippen molar-refractivity contribution in [2.75, 3.05) is 7.11 Å². The van der Waals surface area contributed by atoms with Gasteiger partial charge in [0, 0.05) is 6.42 Å². The van der Waals surface area contributed by atoms with Crippen molar-refractivity contribution in [1.82, 2.24) is 5.32 Å². The van der Waals surface area contributed by atoms with Crippen molar-refractivity contribution >= 4 is 18.0 Å². The molecule has 1 amide bonds. The van der Waals surface area contributed by atoms with Crippen LogP contribution in [0.3, 0.4) is 0 Å². The Labute approximate surface area is 211 Å². The summed E-state index contributed by atoms with van der Waals surface area (Å²) in [4.78, 5) is 23.6. The number of hydrogen-bond donors (Lipinski definition) is 1. The Morgan fingerprint density at radius 2 is 1.81 bits per heavy atom. The van der Waals surface area contributed by atoms with E-state index in [1.165, 1.54) is 18.9 Å². The minimum atomic E-state index is -1.41. The Bertz CT molecular complexity index is 920. The van der Waals surface area contributed by atoms with Crippen molar-refractivity contribution in [2.45, 2.75) is 45.1 Å². The Morgan fingerprint density at radius 1 is 1.09 bits per heavy atom. The molecule has 164 valence electrons. The maximum absolute atomic E-state index is 12.2. The molecule has 0 radical (unpaired) electrons. The molecule has 1 fully saturated rings. The van der Waals surface area contributed by atoms with E-state index >= 15 is 0 Å². The first-order valence-corrected chi connectivity index (χ1v) is 10.6. The summed E-state index contributed by atoms with van der Waals surface area (Å²) >= 11 is 0. The van der Waals surface area contributed by atoms with Crippen molar-refractivity contribution in [3.8, 4) is 11.5 Å². The van der Waals surface area contributed by atoms with Crippen molar-refractivity contribution in [3.05, 3.63) is 65.4 Å². The molecule has 1 N–H and O–H groups in total. The third-order valence-electron chi connectivity index (χ3n) is 5.48. The summed E-state index contributed by atoms with van der Waals surface area (Å²) in [6, 6.07) is 14.6. The molecule has 3 rings (SSSR count). The van der Waals surface area contributed by atoms with Gasteiger partial charge < -0.3 is 24.7 Å². The summed E-state index contributed by atoms with van der Waals surface area (Å²) in [6.07, 6.45) is 7.27. The number of rotatable bonds is 10. The quantitative estimate of drug-likeness (QED) is 0.424. The van der Waals surface area contributed by atoms with Crippen LogP contribution in [0.2, 0.25) is 0 Å². The Kier molecular flexibility index (Phi) is 10.8. The Hall–Kier alpha value is -2.28. The van der Waals surface area contributed by atoms with E-state index < -0.39 is 5.97 Å². The molecule has 0 spiro atoms. The van der Waals surface area contributed by atoms with Crippen LogP contribution in [0.15, 0.2) is 54.2 Å². The number of carboxylic acid groups (broad SMARTS) is 1. The van der Waals surface area contributed by atoms with Crippen LogP contribution < -0.4 is 49.5 Å². The van der Waals surface area contributed by atoms with Crippen LogP contribution in [0.1, 0.15) is 49.7 Å². The van der Waals surface area contributed by atoms with Crippen LogP contribution in [-0.2, 0) is 16.2 Å². The van der Waals surface area contributed by atoms with E-state index in [4.69, 9.17) is 9.47 Å². The Balaban J connectivity index is 0.00000363. The largest absolute Gasteiger partial charge is 1.00 e. The zero-order valence-corrected chi connectivity index (χ0v) is 20.8. The fourth-order valence-corrected chi connectivity index (χ4v) is 3.75. The fourth-order valence-electron chi connectivity index (χ4n) is 3.75. The molecular weight excluding hydrogens is 417 g/mol. The predicted molar refractivity (Wildman–Crippen MR) is 116 cm³/mol. The van der Waals surface area contributed by atoms with Gasteiger partial charge in [0.1, 0.15) is 18.1 Å². The Morgan fingerprint density at radius 3 is 2.47 bits per heavy atom. The van der Waals surface area contributed by atoms with Gasteiger partial charge in [0.05, 0.1) is 18.8 Å². The van der Waals surface area contributed by atoms with Crippen LogP contribution in [-0.4, -0.2) is 19.0 Å². The maximum atomic E-state index is 12.2. The number of hydrogen-bond acceptors (Lipinski definition) is 5. The van der Waals surface area contributed by atoms with Gasteiger partial charge >= 0.3 is 29.6 Å². The third-order valence-corrected chi connectivity index (χ3v) is 5.48. The van der Waals surface area contributed by atoms with Crippen LogP contribution >= 0.6 is 0 Å². The first kappa shape index (κ1) is 26.0. The minimum Gasteiger partial charge on any atom is -0.543 e. The topological polar surface area (TPSA) is 87.7 Å². The van der Waals surface area contributed by atoms with Crippen molar-refractivity contribution in [3.63, 3.8) is 0 Å². The van der Waals surface area contributed by atoms with Gasteiger partial charge in [-0.05, 0) is 53.8 Å². The SMILES string of the molecule is COc1cccc(COc2ccc(/C=C(\NC(=O)CCC3CCCC3)C(=O)[O-])cc2)c1.[Na+]. The van der Waals surface area contributed by atoms with E-state index in [9.17, 15) is 14.7 Å². The van der Waals surface area contributed by atoms with Gasteiger partial charge in [0.15, 0.2) is 0 Å². The second kappa shape index (κ2) is 13.3. The predicted octanol–water partition coefficient (Wildman–Crippen LogP) is 0.456. The number of ether oxygens (including phenoxy) is 2. The monoisotopic (exact) mass is 445 g/mol. The molecule has 7 heteroatoms. The molecule has 2 aromatic rings. The van der Waals surface area contributed by atoms with E-state index in [0.717, 1.165) is 30.6 Å². The average Bonchev–Trinajstić information content (AvgIpc) is 3.30. The average molecular weight is 445 g/mol. The van der Waals surface area contributed by atoms with E-state index in [1.54, 1.807) is 31.4 Å². The number of nitrogens with one attached hydrogen (secondary N) is 1. The number of carbonyl (C=O) groups is 2. The van der Waals surface area contributed by atoms with E-state index in [0.29, 0.717) is 30.3 Å². The molecule has 0 heterocycles. The van der Waals surface area contributed by atoms with Crippen LogP contribution in [0.5, 0.6) is 11.5 Å². The molecular formula is C25H28NNaO5. The molecule has 1 aliphatic rings. The molecule has 0 aromatic heterocycles. The summed E-state index contributed by atoms with van der Waals surface area (Å²) < 4.78 is 11.0. The summed E-state index contributed by atoms with van der Waals surface area (Å²) in [5.41, 5.74) is 1.37. The number of carbonyl (C=O) groups excluding carboxylic acids is 2. The summed E-state index contributed by atoms with van der Waals surface area (Å²) in [5.74, 6) is 0.288. The number of aliphatic carboxylic acids is 1. The van der Waals surface area contributed by atoms with E-state index in [1.807, 2.05) is 24.3 Å². The zero-order valence-electron chi connectivity index (χ0n) is 18.8. The molecule has 0 saturated heterocycles. The smallest absolute Gasteiger partial charge is 0.543 e. The molecule has 1 saturated carbocycles. The fraction of sp³-hybridized carbons (Fsp3) is 0.360. The number of methoxy groups -OCH3 is 1. The molecule has 0 atom stereocenters. The minimum absolute atomic E-state index is 0. The van der Waals surface area contributed by atoms with Crippen LogP contribution in [0.4, 0.5) is 0 Å². The summed E-state index contributed by atoms with van der Waals surface area (Å²) in [6.45, 7) is 0.383. The van der Waals surface area contributed by atoms with Gasteiger partial charge in [-0.3, -0.25) is 4.79 Å². The van der Waals surface area contributed by atoms with Gasteiger partial charge in [-0.1, -0.05) is 49.9 Å². The van der Waals surface area contributed by atoms with Gasteiger partial charge in [-0.15, -0.1) is 0 Å². The van der Waals surface area contributed by atoms with Crippen molar-refractivity contribution in [1.29, 1.82) is 0 Å². The number of carboxylic acids is 1. The number of benzene rings is 2.